The zero-order valence-corrected chi connectivity index (χ0v) is 6.09. The molecule has 1 heteroatoms. The van der Waals surface area contributed by atoms with Gasteiger partial charge in [0.15, 0.2) is 0 Å². The van der Waals surface area contributed by atoms with Crippen molar-refractivity contribution in [1.29, 1.82) is 0 Å². The number of hydrogen-bond acceptors (Lipinski definition) is 0. The summed E-state index contributed by atoms with van der Waals surface area (Å²) in [5.74, 6) is 0. The molecule has 0 aromatic heterocycles. The van der Waals surface area contributed by atoms with Crippen LogP contribution in [0.5, 0.6) is 0 Å². The molecule has 56 valence electrons. The fraction of sp³-hybridized carbons (Fsp3) is 0.200. The molecule has 0 unspecified atom stereocenters. The molecule has 0 amide bonds. The average molecular weight is 174 g/mol. The summed E-state index contributed by atoms with van der Waals surface area (Å²) < 4.78 is 0. The Morgan fingerprint density at radius 1 is 1.18 bits per heavy atom. The van der Waals surface area contributed by atoms with Crippen molar-refractivity contribution in [2.45, 2.75) is 12.8 Å². The van der Waals surface area contributed by atoms with Crippen LogP contribution in [0.15, 0.2) is 43.0 Å². The molecule has 0 heterocycles. The predicted molar refractivity (Wildman–Crippen MR) is 53.5 cm³/mol. The molecule has 0 fully saturated rings. The van der Waals surface area contributed by atoms with Gasteiger partial charge in [-0.05, 0) is 18.4 Å². The van der Waals surface area contributed by atoms with Gasteiger partial charge in [0, 0.05) is 0 Å². The van der Waals surface area contributed by atoms with Crippen LogP contribution in [-0.2, 0) is 6.42 Å². The minimum atomic E-state index is 0. The van der Waals surface area contributed by atoms with Crippen molar-refractivity contribution in [2.24, 2.45) is 0 Å². The van der Waals surface area contributed by atoms with Gasteiger partial charge in [-0.3, -0.25) is 0 Å². The van der Waals surface area contributed by atoms with Gasteiger partial charge in [-0.1, -0.05) is 36.4 Å². The molecular formula is C10H14Ca. The maximum absolute atomic E-state index is 3.68. The second-order valence-corrected chi connectivity index (χ2v) is 2.31. The summed E-state index contributed by atoms with van der Waals surface area (Å²) in [7, 11) is 0. The first kappa shape index (κ1) is 11.2. The Labute approximate surface area is 98.3 Å². The minimum absolute atomic E-state index is 0. The fourth-order valence-corrected chi connectivity index (χ4v) is 0.913. The van der Waals surface area contributed by atoms with Crippen LogP contribution in [0, 0.1) is 0 Å². The summed E-state index contributed by atoms with van der Waals surface area (Å²) in [4.78, 5) is 0. The second kappa shape index (κ2) is 6.90. The van der Waals surface area contributed by atoms with Gasteiger partial charge in [0.2, 0.25) is 0 Å². The molecule has 0 nitrogen and oxygen atoms in total. The van der Waals surface area contributed by atoms with Crippen LogP contribution in [0.4, 0.5) is 0 Å². The van der Waals surface area contributed by atoms with Gasteiger partial charge in [-0.25, -0.2) is 0 Å². The molecule has 11 heavy (non-hydrogen) atoms. The van der Waals surface area contributed by atoms with Gasteiger partial charge >= 0.3 is 37.7 Å². The van der Waals surface area contributed by atoms with Crippen molar-refractivity contribution in [3.63, 3.8) is 0 Å². The van der Waals surface area contributed by atoms with Crippen LogP contribution in [0.1, 0.15) is 12.0 Å². The van der Waals surface area contributed by atoms with Crippen LogP contribution in [0.2, 0.25) is 0 Å². The molecule has 0 bridgehead atoms. The standard InChI is InChI=1S/C10H12.Ca.2H/c1-2-3-7-10-8-5-4-6-9-10;;;/h2,4-6,8-9H,1,3,7H2;;;. The van der Waals surface area contributed by atoms with E-state index in [1.54, 1.807) is 0 Å². The van der Waals surface area contributed by atoms with E-state index in [9.17, 15) is 0 Å². The van der Waals surface area contributed by atoms with Crippen molar-refractivity contribution in [3.8, 4) is 0 Å². The monoisotopic (exact) mass is 174 g/mol. The summed E-state index contributed by atoms with van der Waals surface area (Å²) in [6.45, 7) is 3.68. The SMILES string of the molecule is C=CCCc1ccccc1.[CaH2]. The van der Waals surface area contributed by atoms with Gasteiger partial charge in [0.25, 0.3) is 0 Å². The maximum atomic E-state index is 3.68. The normalized spacial score (nSPS) is 8.36. The Balaban J connectivity index is 0.000001000. The topological polar surface area (TPSA) is 0 Å². The van der Waals surface area contributed by atoms with Gasteiger partial charge < -0.3 is 0 Å². The predicted octanol–water partition coefficient (Wildman–Crippen LogP) is 1.89. The zero-order chi connectivity index (χ0) is 7.23. The molecule has 0 atom stereocenters. The van der Waals surface area contributed by atoms with Crippen molar-refractivity contribution < 1.29 is 0 Å². The van der Waals surface area contributed by atoms with Crippen molar-refractivity contribution >= 4 is 37.7 Å². The van der Waals surface area contributed by atoms with Crippen molar-refractivity contribution in [3.05, 3.63) is 48.6 Å². The first-order valence-electron chi connectivity index (χ1n) is 3.58. The van der Waals surface area contributed by atoms with Gasteiger partial charge in [0.1, 0.15) is 0 Å². The summed E-state index contributed by atoms with van der Waals surface area (Å²) in [5, 5.41) is 0. The molecule has 0 saturated heterocycles. The number of rotatable bonds is 3. The molecule has 1 rings (SSSR count). The Hall–Kier alpha value is 0.220. The third-order valence-electron chi connectivity index (χ3n) is 1.48. The average Bonchev–Trinajstić information content (AvgIpc) is 2.03. The van der Waals surface area contributed by atoms with E-state index in [0.717, 1.165) is 12.8 Å². The Bertz CT molecular complexity index is 191. The molecule has 0 saturated carbocycles. The first-order valence-corrected chi connectivity index (χ1v) is 3.58. The fourth-order valence-electron chi connectivity index (χ4n) is 0.913. The number of aryl methyl sites for hydroxylation is 1. The number of allylic oxidation sites excluding steroid dienone is 1. The Morgan fingerprint density at radius 3 is 2.36 bits per heavy atom. The van der Waals surface area contributed by atoms with E-state index in [-0.39, 0.29) is 37.7 Å². The number of benzene rings is 1. The van der Waals surface area contributed by atoms with Gasteiger partial charge in [-0.2, -0.15) is 0 Å². The van der Waals surface area contributed by atoms with E-state index < -0.39 is 0 Å². The van der Waals surface area contributed by atoms with E-state index in [2.05, 4.69) is 30.8 Å². The summed E-state index contributed by atoms with van der Waals surface area (Å²) in [6.07, 6.45) is 4.14. The van der Waals surface area contributed by atoms with E-state index in [1.807, 2.05) is 12.1 Å². The Morgan fingerprint density at radius 2 is 1.82 bits per heavy atom. The van der Waals surface area contributed by atoms with Crippen LogP contribution in [-0.4, -0.2) is 37.7 Å². The van der Waals surface area contributed by atoms with E-state index in [4.69, 9.17) is 0 Å². The van der Waals surface area contributed by atoms with E-state index >= 15 is 0 Å². The van der Waals surface area contributed by atoms with Crippen LogP contribution < -0.4 is 0 Å². The quantitative estimate of drug-likeness (QED) is 0.485. The van der Waals surface area contributed by atoms with Crippen LogP contribution in [0.25, 0.3) is 0 Å². The summed E-state index contributed by atoms with van der Waals surface area (Å²) in [6, 6.07) is 10.5. The third-order valence-corrected chi connectivity index (χ3v) is 1.48. The molecule has 0 N–H and O–H groups in total. The summed E-state index contributed by atoms with van der Waals surface area (Å²) in [5.41, 5.74) is 1.39. The molecule has 1 aromatic rings. The van der Waals surface area contributed by atoms with E-state index in [0.29, 0.717) is 0 Å². The second-order valence-electron chi connectivity index (χ2n) is 2.31. The molecule has 0 radical (unpaired) electrons. The molecule has 1 aromatic carbocycles. The number of hydrogen-bond donors (Lipinski definition) is 0. The first-order chi connectivity index (χ1) is 4.93. The van der Waals surface area contributed by atoms with Gasteiger partial charge in [-0.15, -0.1) is 6.58 Å². The van der Waals surface area contributed by atoms with E-state index in [1.165, 1.54) is 5.56 Å². The zero-order valence-electron chi connectivity index (χ0n) is 6.09. The van der Waals surface area contributed by atoms with Crippen LogP contribution in [0.3, 0.4) is 0 Å². The van der Waals surface area contributed by atoms with Gasteiger partial charge in [0.05, 0.1) is 0 Å². The molecule has 0 spiro atoms. The molecular weight excluding hydrogens is 160 g/mol. The van der Waals surface area contributed by atoms with Crippen molar-refractivity contribution in [2.75, 3.05) is 0 Å². The Kier molecular flexibility index (Phi) is 7.04. The van der Waals surface area contributed by atoms with Crippen LogP contribution >= 0.6 is 0 Å². The van der Waals surface area contributed by atoms with Crippen molar-refractivity contribution in [1.82, 2.24) is 0 Å². The molecule has 0 aliphatic heterocycles. The summed E-state index contributed by atoms with van der Waals surface area (Å²) >= 11 is 0. The third kappa shape index (κ3) is 4.62. The molecule has 0 aliphatic carbocycles. The molecule has 0 aliphatic rings.